The Morgan fingerprint density at radius 1 is 1.16 bits per heavy atom. The third-order valence-corrected chi connectivity index (χ3v) is 3.81. The van der Waals surface area contributed by atoms with Gasteiger partial charge >= 0.3 is 0 Å². The highest BCUT2D eigenvalue weighted by Crippen LogP contribution is 2.19. The second-order valence-corrected chi connectivity index (χ2v) is 5.32. The van der Waals surface area contributed by atoms with Gasteiger partial charge in [0, 0.05) is 31.7 Å². The third kappa shape index (κ3) is 4.14. The van der Waals surface area contributed by atoms with Crippen molar-refractivity contribution in [1.82, 2.24) is 9.80 Å². The minimum atomic E-state index is -0.305. The highest BCUT2D eigenvalue weighted by atomic mass is 35.5. The molecule has 0 atom stereocenters. The van der Waals surface area contributed by atoms with Crippen LogP contribution in [0, 0.1) is 5.82 Å². The fraction of sp³-hybridized carbons (Fsp3) is 0.571. The molecule has 1 saturated heterocycles. The molecule has 19 heavy (non-hydrogen) atoms. The molecule has 1 aromatic rings. The van der Waals surface area contributed by atoms with Crippen LogP contribution in [-0.2, 0) is 6.54 Å². The van der Waals surface area contributed by atoms with Crippen molar-refractivity contribution in [3.05, 3.63) is 34.6 Å². The van der Waals surface area contributed by atoms with E-state index in [1.165, 1.54) is 0 Å². The van der Waals surface area contributed by atoms with Crippen LogP contribution in [-0.4, -0.2) is 54.2 Å². The van der Waals surface area contributed by atoms with Crippen molar-refractivity contribution in [1.29, 1.82) is 0 Å². The number of halogens is 2. The van der Waals surface area contributed by atoms with Crippen molar-refractivity contribution in [2.75, 3.05) is 39.3 Å². The van der Waals surface area contributed by atoms with Crippen LogP contribution in [0.3, 0.4) is 0 Å². The molecule has 0 bridgehead atoms. The zero-order valence-electron chi connectivity index (χ0n) is 11.0. The maximum Gasteiger partial charge on any atom is 0.146 e. The molecule has 0 amide bonds. The lowest BCUT2D eigenvalue weighted by atomic mass is 10.2. The fourth-order valence-electron chi connectivity index (χ4n) is 2.46. The Morgan fingerprint density at radius 3 is 2.68 bits per heavy atom. The lowest BCUT2D eigenvalue weighted by Crippen LogP contribution is -2.32. The van der Waals surface area contributed by atoms with E-state index in [9.17, 15) is 4.39 Å². The number of hydrogen-bond acceptors (Lipinski definition) is 3. The van der Waals surface area contributed by atoms with Crippen LogP contribution in [0.5, 0.6) is 0 Å². The first-order valence-electron chi connectivity index (χ1n) is 6.69. The number of benzene rings is 1. The monoisotopic (exact) mass is 286 g/mol. The first-order valence-corrected chi connectivity index (χ1v) is 7.07. The van der Waals surface area contributed by atoms with Crippen LogP contribution >= 0.6 is 11.6 Å². The molecular weight excluding hydrogens is 267 g/mol. The van der Waals surface area contributed by atoms with E-state index in [4.69, 9.17) is 16.7 Å². The minimum Gasteiger partial charge on any atom is -0.395 e. The summed E-state index contributed by atoms with van der Waals surface area (Å²) in [5, 5.41) is 9.15. The molecule has 106 valence electrons. The summed E-state index contributed by atoms with van der Waals surface area (Å²) in [4.78, 5) is 4.49. The summed E-state index contributed by atoms with van der Waals surface area (Å²) in [6.07, 6.45) is 1.04. The van der Waals surface area contributed by atoms with Gasteiger partial charge in [-0.1, -0.05) is 23.7 Å². The lowest BCUT2D eigenvalue weighted by molar-refractivity contribution is 0.195. The first-order chi connectivity index (χ1) is 9.20. The molecule has 0 saturated carbocycles. The second-order valence-electron chi connectivity index (χ2n) is 4.91. The van der Waals surface area contributed by atoms with Gasteiger partial charge in [-0.25, -0.2) is 4.39 Å². The van der Waals surface area contributed by atoms with Gasteiger partial charge in [-0.2, -0.15) is 0 Å². The summed E-state index contributed by atoms with van der Waals surface area (Å²) in [6.45, 7) is 5.28. The molecule has 1 fully saturated rings. The van der Waals surface area contributed by atoms with Crippen molar-refractivity contribution in [3.63, 3.8) is 0 Å². The molecule has 1 aliphatic rings. The lowest BCUT2D eigenvalue weighted by Gasteiger charge is -2.21. The number of nitrogens with zero attached hydrogens (tertiary/aromatic N) is 2. The first kappa shape index (κ1) is 14.7. The van der Waals surface area contributed by atoms with E-state index in [1.54, 1.807) is 18.2 Å². The van der Waals surface area contributed by atoms with E-state index >= 15 is 0 Å². The maximum absolute atomic E-state index is 13.9. The van der Waals surface area contributed by atoms with Gasteiger partial charge in [-0.3, -0.25) is 9.80 Å². The third-order valence-electron chi connectivity index (χ3n) is 3.52. The molecule has 1 N–H and O–H groups in total. The zero-order valence-corrected chi connectivity index (χ0v) is 11.7. The molecule has 0 aromatic heterocycles. The zero-order chi connectivity index (χ0) is 13.7. The summed E-state index contributed by atoms with van der Waals surface area (Å²) >= 11 is 5.80. The van der Waals surface area contributed by atoms with Crippen molar-refractivity contribution in [2.45, 2.75) is 13.0 Å². The molecule has 2 rings (SSSR count). The summed E-state index contributed by atoms with van der Waals surface area (Å²) in [5.41, 5.74) is 0.656. The Balaban J connectivity index is 1.94. The van der Waals surface area contributed by atoms with Gasteiger partial charge < -0.3 is 5.11 Å². The van der Waals surface area contributed by atoms with Gasteiger partial charge in [-0.15, -0.1) is 0 Å². The quantitative estimate of drug-likeness (QED) is 0.917. The Kier molecular flexibility index (Phi) is 5.58. The number of rotatable bonds is 4. The van der Waals surface area contributed by atoms with Crippen molar-refractivity contribution in [3.8, 4) is 0 Å². The Labute approximate surface area is 118 Å². The molecule has 5 heteroatoms. The van der Waals surface area contributed by atoms with Crippen LogP contribution in [0.25, 0.3) is 0 Å². The van der Waals surface area contributed by atoms with E-state index in [1.807, 2.05) is 0 Å². The van der Waals surface area contributed by atoms with E-state index in [2.05, 4.69) is 9.80 Å². The molecule has 0 spiro atoms. The Hall–Kier alpha value is -0.680. The number of aliphatic hydroxyl groups excluding tert-OH is 1. The molecule has 1 heterocycles. The largest absolute Gasteiger partial charge is 0.395 e. The molecule has 3 nitrogen and oxygen atoms in total. The number of aliphatic hydroxyl groups is 1. The van der Waals surface area contributed by atoms with E-state index in [-0.39, 0.29) is 17.4 Å². The number of β-amino-alcohol motifs (C(OH)–C–C–N with tert-alkyl or cyclic N) is 1. The van der Waals surface area contributed by atoms with Crippen LogP contribution in [0.4, 0.5) is 4.39 Å². The van der Waals surface area contributed by atoms with Crippen LogP contribution in [0.2, 0.25) is 5.02 Å². The van der Waals surface area contributed by atoms with Gasteiger partial charge in [0.05, 0.1) is 11.6 Å². The van der Waals surface area contributed by atoms with Crippen LogP contribution < -0.4 is 0 Å². The van der Waals surface area contributed by atoms with Crippen molar-refractivity contribution < 1.29 is 9.50 Å². The van der Waals surface area contributed by atoms with Gasteiger partial charge in [0.2, 0.25) is 0 Å². The highest BCUT2D eigenvalue weighted by molar-refractivity contribution is 6.30. The summed E-state index contributed by atoms with van der Waals surface area (Å²) < 4.78 is 13.9. The molecule has 0 radical (unpaired) electrons. The predicted molar refractivity (Wildman–Crippen MR) is 74.8 cm³/mol. The average Bonchev–Trinajstić information content (AvgIpc) is 2.61. The van der Waals surface area contributed by atoms with Gasteiger partial charge in [0.1, 0.15) is 5.82 Å². The van der Waals surface area contributed by atoms with Gasteiger partial charge in [-0.05, 0) is 25.6 Å². The molecule has 0 unspecified atom stereocenters. The van der Waals surface area contributed by atoms with Crippen LogP contribution in [0.1, 0.15) is 12.0 Å². The maximum atomic E-state index is 13.9. The minimum absolute atomic E-state index is 0.189. The van der Waals surface area contributed by atoms with Gasteiger partial charge in [0.15, 0.2) is 0 Å². The topological polar surface area (TPSA) is 26.7 Å². The molecule has 1 aliphatic heterocycles. The smallest absolute Gasteiger partial charge is 0.146 e. The Morgan fingerprint density at radius 2 is 1.89 bits per heavy atom. The van der Waals surface area contributed by atoms with E-state index in [0.717, 1.165) is 39.1 Å². The molecular formula is C14H20ClFN2O. The number of hydrogen-bond donors (Lipinski definition) is 1. The molecule has 1 aromatic carbocycles. The molecule has 0 aliphatic carbocycles. The predicted octanol–water partition coefficient (Wildman–Crippen LogP) is 1.98. The van der Waals surface area contributed by atoms with Crippen LogP contribution in [0.15, 0.2) is 18.2 Å². The fourth-order valence-corrected chi connectivity index (χ4v) is 2.65. The summed E-state index contributed by atoms with van der Waals surface area (Å²) in [5.74, 6) is -0.305. The SMILES string of the molecule is OCCN1CCCN(Cc2cccc(Cl)c2F)CC1. The highest BCUT2D eigenvalue weighted by Gasteiger charge is 2.16. The normalized spacial score (nSPS) is 18.5. The standard InChI is InChI=1S/C14H20ClFN2O/c15-13-4-1-3-12(14(13)16)11-18-6-2-5-17(7-8-18)9-10-19/h1,3-4,19H,2,5-11H2. The average molecular weight is 287 g/mol. The summed E-state index contributed by atoms with van der Waals surface area (Å²) in [6, 6.07) is 5.15. The van der Waals surface area contributed by atoms with Crippen molar-refractivity contribution >= 4 is 11.6 Å². The van der Waals surface area contributed by atoms with Gasteiger partial charge in [0.25, 0.3) is 0 Å². The van der Waals surface area contributed by atoms with E-state index < -0.39 is 0 Å². The van der Waals surface area contributed by atoms with E-state index in [0.29, 0.717) is 12.1 Å². The Bertz CT molecular complexity index is 416. The second kappa shape index (κ2) is 7.20. The van der Waals surface area contributed by atoms with Crippen molar-refractivity contribution in [2.24, 2.45) is 0 Å². The summed E-state index contributed by atoms with van der Waals surface area (Å²) in [7, 11) is 0.